The molecule has 0 unspecified atom stereocenters. The number of nitrogens with one attached hydrogen (secondary N) is 2. The van der Waals surface area contributed by atoms with Crippen LogP contribution in [-0.4, -0.2) is 27.0 Å². The lowest BCUT2D eigenvalue weighted by atomic mass is 10.2. The van der Waals surface area contributed by atoms with E-state index in [9.17, 15) is 0 Å². The van der Waals surface area contributed by atoms with Crippen LogP contribution in [0, 0.1) is 17.4 Å². The van der Waals surface area contributed by atoms with Crippen LogP contribution in [0.3, 0.4) is 0 Å². The highest BCUT2D eigenvalue weighted by atomic mass is 127. The van der Waals surface area contributed by atoms with E-state index in [1.54, 1.807) is 0 Å². The minimum absolute atomic E-state index is 0.442. The van der Waals surface area contributed by atoms with Crippen molar-refractivity contribution in [3.8, 4) is 0 Å². The van der Waals surface area contributed by atoms with Gasteiger partial charge in [-0.2, -0.15) is 0 Å². The Bertz CT molecular complexity index is 643. The maximum absolute atomic E-state index is 4.55. The van der Waals surface area contributed by atoms with Gasteiger partial charge in [-0.25, -0.2) is 9.97 Å². The summed E-state index contributed by atoms with van der Waals surface area (Å²) in [4.78, 5) is 13.3. The van der Waals surface area contributed by atoms with E-state index in [0.29, 0.717) is 12.1 Å². The normalized spacial score (nSPS) is 20.9. The van der Waals surface area contributed by atoms with Crippen molar-refractivity contribution in [1.29, 1.82) is 0 Å². The van der Waals surface area contributed by atoms with Gasteiger partial charge in [0.05, 0.1) is 17.6 Å². The first-order chi connectivity index (χ1) is 10.6. The molecule has 2 atom stereocenters. The van der Waals surface area contributed by atoms with Gasteiger partial charge in [0.25, 0.3) is 0 Å². The van der Waals surface area contributed by atoms with Gasteiger partial charge < -0.3 is 10.6 Å². The number of hydrogen-bond donors (Lipinski definition) is 2. The van der Waals surface area contributed by atoms with E-state index in [4.69, 9.17) is 0 Å². The number of hydrogen-bond acceptors (Lipinski definition) is 5. The van der Waals surface area contributed by atoms with Crippen LogP contribution in [0.15, 0.2) is 24.5 Å². The Balaban J connectivity index is 1.55. The standard InChI is InChI=1S/C16H20IN5/c1-10-11(2)20-16(9-18-10)22-14-5-4-13(7-14)21-15-6-3-12(17)8-19-15/h3,6,8-9,13-14H,4-5,7H2,1-2H3,(H,19,21)(H,20,22)/t13-,14-/m0/s1. The molecule has 0 saturated heterocycles. The molecule has 2 aromatic heterocycles. The molecule has 0 bridgehead atoms. The fourth-order valence-electron chi connectivity index (χ4n) is 2.73. The molecule has 2 aromatic rings. The van der Waals surface area contributed by atoms with Gasteiger partial charge in [0.2, 0.25) is 0 Å². The zero-order valence-corrected chi connectivity index (χ0v) is 15.0. The van der Waals surface area contributed by atoms with Crippen LogP contribution in [0.2, 0.25) is 0 Å². The third-order valence-electron chi connectivity index (χ3n) is 4.06. The van der Waals surface area contributed by atoms with E-state index in [1.807, 2.05) is 32.3 Å². The molecule has 6 heteroatoms. The van der Waals surface area contributed by atoms with Gasteiger partial charge in [0.1, 0.15) is 11.6 Å². The summed E-state index contributed by atoms with van der Waals surface area (Å²) in [6.07, 6.45) is 7.06. The molecular weight excluding hydrogens is 389 g/mol. The molecule has 0 amide bonds. The maximum Gasteiger partial charge on any atom is 0.145 e. The van der Waals surface area contributed by atoms with Crippen LogP contribution in [0.5, 0.6) is 0 Å². The van der Waals surface area contributed by atoms with E-state index >= 15 is 0 Å². The molecule has 5 nitrogen and oxygen atoms in total. The van der Waals surface area contributed by atoms with Gasteiger partial charge >= 0.3 is 0 Å². The lowest BCUT2D eigenvalue weighted by molar-refractivity contribution is 0.719. The third kappa shape index (κ3) is 3.85. The Morgan fingerprint density at radius 3 is 2.32 bits per heavy atom. The Hall–Kier alpha value is -1.44. The quantitative estimate of drug-likeness (QED) is 0.757. The average molecular weight is 409 g/mol. The summed E-state index contributed by atoms with van der Waals surface area (Å²) in [7, 11) is 0. The van der Waals surface area contributed by atoms with Gasteiger partial charge in [-0.15, -0.1) is 0 Å². The lowest BCUT2D eigenvalue weighted by Crippen LogP contribution is -2.21. The zero-order chi connectivity index (χ0) is 15.5. The smallest absolute Gasteiger partial charge is 0.145 e. The van der Waals surface area contributed by atoms with Crippen molar-refractivity contribution in [2.24, 2.45) is 0 Å². The van der Waals surface area contributed by atoms with E-state index in [0.717, 1.165) is 45.9 Å². The van der Waals surface area contributed by atoms with E-state index in [-0.39, 0.29) is 0 Å². The average Bonchev–Trinajstić information content (AvgIpc) is 2.93. The first-order valence-electron chi connectivity index (χ1n) is 7.55. The van der Waals surface area contributed by atoms with Gasteiger partial charge in [0.15, 0.2) is 0 Å². The molecule has 3 rings (SSSR count). The first kappa shape index (κ1) is 15.5. The number of nitrogens with zero attached hydrogens (tertiary/aromatic N) is 3. The Morgan fingerprint density at radius 1 is 0.955 bits per heavy atom. The van der Waals surface area contributed by atoms with Crippen molar-refractivity contribution in [2.45, 2.75) is 45.2 Å². The van der Waals surface area contributed by atoms with Crippen LogP contribution in [-0.2, 0) is 0 Å². The van der Waals surface area contributed by atoms with Gasteiger partial charge in [-0.1, -0.05) is 0 Å². The predicted molar refractivity (Wildman–Crippen MR) is 97.1 cm³/mol. The predicted octanol–water partition coefficient (Wildman–Crippen LogP) is 3.54. The van der Waals surface area contributed by atoms with Crippen molar-refractivity contribution < 1.29 is 0 Å². The third-order valence-corrected chi connectivity index (χ3v) is 4.69. The SMILES string of the molecule is Cc1ncc(N[C@H]2CC[C@H](Nc3ccc(I)cn3)C2)nc1C. The molecule has 0 aromatic carbocycles. The summed E-state index contributed by atoms with van der Waals surface area (Å²) in [6.45, 7) is 3.98. The highest BCUT2D eigenvalue weighted by molar-refractivity contribution is 14.1. The summed E-state index contributed by atoms with van der Waals surface area (Å²) >= 11 is 2.27. The largest absolute Gasteiger partial charge is 0.367 e. The van der Waals surface area contributed by atoms with Crippen LogP contribution in [0.1, 0.15) is 30.7 Å². The highest BCUT2D eigenvalue weighted by Gasteiger charge is 2.25. The van der Waals surface area contributed by atoms with Gasteiger partial charge in [0, 0.05) is 21.9 Å². The number of anilines is 2. The Kier molecular flexibility index (Phi) is 4.75. The highest BCUT2D eigenvalue weighted by Crippen LogP contribution is 2.25. The van der Waals surface area contributed by atoms with Crippen molar-refractivity contribution in [1.82, 2.24) is 15.0 Å². The minimum Gasteiger partial charge on any atom is -0.367 e. The van der Waals surface area contributed by atoms with Crippen LogP contribution < -0.4 is 10.6 Å². The first-order valence-corrected chi connectivity index (χ1v) is 8.63. The molecule has 0 spiro atoms. The molecule has 2 heterocycles. The zero-order valence-electron chi connectivity index (χ0n) is 12.8. The van der Waals surface area contributed by atoms with Crippen molar-refractivity contribution in [3.05, 3.63) is 39.5 Å². The van der Waals surface area contributed by atoms with E-state index in [1.165, 1.54) is 0 Å². The molecular formula is C16H20IN5. The van der Waals surface area contributed by atoms with Crippen LogP contribution in [0.4, 0.5) is 11.6 Å². The molecule has 1 aliphatic carbocycles. The number of pyridine rings is 1. The van der Waals surface area contributed by atoms with Crippen molar-refractivity contribution >= 4 is 34.2 Å². The van der Waals surface area contributed by atoms with E-state index in [2.05, 4.69) is 54.2 Å². The second kappa shape index (κ2) is 6.76. The summed E-state index contributed by atoms with van der Waals surface area (Å²) in [5.41, 5.74) is 1.97. The van der Waals surface area contributed by atoms with Crippen LogP contribution in [0.25, 0.3) is 0 Å². The van der Waals surface area contributed by atoms with Crippen molar-refractivity contribution in [3.63, 3.8) is 0 Å². The molecule has 1 aliphatic rings. The van der Waals surface area contributed by atoms with Crippen LogP contribution >= 0.6 is 22.6 Å². The second-order valence-electron chi connectivity index (χ2n) is 5.78. The Morgan fingerprint density at radius 2 is 1.68 bits per heavy atom. The number of rotatable bonds is 4. The van der Waals surface area contributed by atoms with Gasteiger partial charge in [-0.3, -0.25) is 4.98 Å². The summed E-state index contributed by atoms with van der Waals surface area (Å²) in [6, 6.07) is 5.02. The summed E-state index contributed by atoms with van der Waals surface area (Å²) < 4.78 is 1.16. The lowest BCUT2D eigenvalue weighted by Gasteiger charge is -2.16. The molecule has 1 saturated carbocycles. The summed E-state index contributed by atoms with van der Waals surface area (Å²) in [5, 5.41) is 7.01. The second-order valence-corrected chi connectivity index (χ2v) is 7.03. The molecule has 0 aliphatic heterocycles. The van der Waals surface area contributed by atoms with E-state index < -0.39 is 0 Å². The maximum atomic E-state index is 4.55. The topological polar surface area (TPSA) is 62.7 Å². The monoisotopic (exact) mass is 409 g/mol. The Labute approximate surface area is 144 Å². The fourth-order valence-corrected chi connectivity index (χ4v) is 3.05. The number of aryl methyl sites for hydroxylation is 2. The summed E-state index contributed by atoms with van der Waals surface area (Å²) in [5.74, 6) is 1.83. The number of halogens is 1. The van der Waals surface area contributed by atoms with Crippen molar-refractivity contribution in [2.75, 3.05) is 10.6 Å². The molecule has 1 fully saturated rings. The molecule has 0 radical (unpaired) electrons. The minimum atomic E-state index is 0.442. The number of aromatic nitrogens is 3. The molecule has 2 N–H and O–H groups in total. The van der Waals surface area contributed by atoms with Gasteiger partial charge in [-0.05, 0) is 67.8 Å². The molecule has 22 heavy (non-hydrogen) atoms. The fraction of sp³-hybridized carbons (Fsp3) is 0.438. The molecule has 116 valence electrons.